The third kappa shape index (κ3) is 6.40. The van der Waals surface area contributed by atoms with Crippen molar-refractivity contribution in [3.8, 4) is 5.75 Å². The standard InChI is InChI=1S/C24H30N2O4/c1-2-23(28)18-8-10-22(11-9-18)30-17-21(27)16-26-14-12-20(13-15-26)25-24(29)19-6-4-3-5-7-19/h3-11,20-21,27H,2,12-17H2,1H3,(H,25,29). The maximum absolute atomic E-state index is 12.3. The Balaban J connectivity index is 1.36. The summed E-state index contributed by atoms with van der Waals surface area (Å²) in [5.41, 5.74) is 1.35. The van der Waals surface area contributed by atoms with Gasteiger partial charge in [0.2, 0.25) is 0 Å². The first-order valence-corrected chi connectivity index (χ1v) is 10.6. The molecule has 160 valence electrons. The number of piperidine rings is 1. The molecule has 0 aromatic heterocycles. The van der Waals surface area contributed by atoms with Crippen molar-refractivity contribution in [3.05, 3.63) is 65.7 Å². The Kier molecular flexibility index (Phi) is 7.99. The van der Waals surface area contributed by atoms with E-state index in [9.17, 15) is 14.7 Å². The molecule has 0 saturated carbocycles. The molecule has 2 aromatic rings. The lowest BCUT2D eigenvalue weighted by molar-refractivity contribution is 0.0568. The van der Waals surface area contributed by atoms with Crippen LogP contribution in [-0.2, 0) is 0 Å². The number of β-amino-alcohol motifs (C(OH)–C–C–N with tert-alkyl or cyclic N) is 1. The number of aliphatic hydroxyl groups excluding tert-OH is 1. The molecule has 1 aliphatic rings. The van der Waals surface area contributed by atoms with Gasteiger partial charge in [0.25, 0.3) is 5.91 Å². The molecule has 1 aliphatic heterocycles. The number of aliphatic hydroxyl groups is 1. The molecule has 2 N–H and O–H groups in total. The number of nitrogens with zero attached hydrogens (tertiary/aromatic N) is 1. The molecule has 1 amide bonds. The van der Waals surface area contributed by atoms with Gasteiger partial charge in [0, 0.05) is 43.2 Å². The zero-order chi connectivity index (χ0) is 21.3. The number of hydrogen-bond donors (Lipinski definition) is 2. The lowest BCUT2D eigenvalue weighted by Gasteiger charge is -2.33. The van der Waals surface area contributed by atoms with E-state index in [0.29, 0.717) is 29.8 Å². The molecule has 0 spiro atoms. The summed E-state index contributed by atoms with van der Waals surface area (Å²) in [5.74, 6) is 0.711. The van der Waals surface area contributed by atoms with E-state index in [2.05, 4.69) is 10.2 Å². The van der Waals surface area contributed by atoms with Gasteiger partial charge < -0.3 is 20.1 Å². The molecular weight excluding hydrogens is 380 g/mol. The third-order valence-corrected chi connectivity index (χ3v) is 5.37. The van der Waals surface area contributed by atoms with Gasteiger partial charge in [0.05, 0.1) is 0 Å². The van der Waals surface area contributed by atoms with Crippen LogP contribution < -0.4 is 10.1 Å². The summed E-state index contributed by atoms with van der Waals surface area (Å²) >= 11 is 0. The average Bonchev–Trinajstić information content (AvgIpc) is 2.79. The van der Waals surface area contributed by atoms with E-state index in [1.165, 1.54) is 0 Å². The van der Waals surface area contributed by atoms with Gasteiger partial charge >= 0.3 is 0 Å². The summed E-state index contributed by atoms with van der Waals surface area (Å²) in [6.45, 7) is 4.22. The normalized spacial score (nSPS) is 16.1. The van der Waals surface area contributed by atoms with E-state index in [1.54, 1.807) is 24.3 Å². The monoisotopic (exact) mass is 410 g/mol. The second-order valence-electron chi connectivity index (χ2n) is 7.68. The van der Waals surface area contributed by atoms with Gasteiger partial charge in [0.15, 0.2) is 5.78 Å². The van der Waals surface area contributed by atoms with Gasteiger partial charge in [-0.25, -0.2) is 0 Å². The van der Waals surface area contributed by atoms with Crippen molar-refractivity contribution < 1.29 is 19.4 Å². The van der Waals surface area contributed by atoms with E-state index >= 15 is 0 Å². The smallest absolute Gasteiger partial charge is 0.251 e. The van der Waals surface area contributed by atoms with Crippen LogP contribution in [0.3, 0.4) is 0 Å². The van der Waals surface area contributed by atoms with Gasteiger partial charge in [-0.2, -0.15) is 0 Å². The Labute approximate surface area is 177 Å². The summed E-state index contributed by atoms with van der Waals surface area (Å²) in [6, 6.07) is 16.4. The van der Waals surface area contributed by atoms with Crippen LogP contribution in [0.5, 0.6) is 5.75 Å². The van der Waals surface area contributed by atoms with Crippen LogP contribution in [-0.4, -0.2) is 60.1 Å². The van der Waals surface area contributed by atoms with E-state index < -0.39 is 6.10 Å². The number of carbonyl (C=O) groups is 2. The van der Waals surface area contributed by atoms with Crippen molar-refractivity contribution in [1.29, 1.82) is 0 Å². The van der Waals surface area contributed by atoms with Gasteiger partial charge in [-0.3, -0.25) is 9.59 Å². The number of benzene rings is 2. The van der Waals surface area contributed by atoms with Crippen LogP contribution in [0.1, 0.15) is 46.9 Å². The molecule has 0 aliphatic carbocycles. The Morgan fingerprint density at radius 3 is 2.37 bits per heavy atom. The molecule has 3 rings (SSSR count). The molecule has 6 nitrogen and oxygen atoms in total. The third-order valence-electron chi connectivity index (χ3n) is 5.37. The van der Waals surface area contributed by atoms with Crippen molar-refractivity contribution in [3.63, 3.8) is 0 Å². The van der Waals surface area contributed by atoms with Crippen LogP contribution in [0.4, 0.5) is 0 Å². The highest BCUT2D eigenvalue weighted by Gasteiger charge is 2.22. The largest absolute Gasteiger partial charge is 0.491 e. The van der Waals surface area contributed by atoms with Gasteiger partial charge in [0.1, 0.15) is 18.5 Å². The number of carbonyl (C=O) groups excluding carboxylic acids is 2. The highest BCUT2D eigenvalue weighted by atomic mass is 16.5. The maximum Gasteiger partial charge on any atom is 0.251 e. The molecule has 1 fully saturated rings. The lowest BCUT2D eigenvalue weighted by atomic mass is 10.0. The van der Waals surface area contributed by atoms with Crippen molar-refractivity contribution in [2.24, 2.45) is 0 Å². The Morgan fingerprint density at radius 1 is 1.07 bits per heavy atom. The maximum atomic E-state index is 12.3. The van der Waals surface area contributed by atoms with Crippen molar-refractivity contribution in [2.45, 2.75) is 38.3 Å². The number of ether oxygens (including phenoxy) is 1. The van der Waals surface area contributed by atoms with Crippen molar-refractivity contribution in [2.75, 3.05) is 26.2 Å². The second-order valence-corrected chi connectivity index (χ2v) is 7.68. The minimum absolute atomic E-state index is 0.0332. The number of Topliss-reactive ketones (excluding diaryl/α,β-unsaturated/α-hetero) is 1. The van der Waals surface area contributed by atoms with Gasteiger partial charge in [-0.15, -0.1) is 0 Å². The summed E-state index contributed by atoms with van der Waals surface area (Å²) in [7, 11) is 0. The SMILES string of the molecule is CCC(=O)c1ccc(OCC(O)CN2CCC(NC(=O)c3ccccc3)CC2)cc1. The fraction of sp³-hybridized carbons (Fsp3) is 0.417. The van der Waals surface area contributed by atoms with E-state index in [1.807, 2.05) is 37.3 Å². The first kappa shape index (κ1) is 22.0. The second kappa shape index (κ2) is 10.9. The van der Waals surface area contributed by atoms with Crippen LogP contribution >= 0.6 is 0 Å². The Hall–Kier alpha value is -2.70. The molecule has 30 heavy (non-hydrogen) atoms. The summed E-state index contributed by atoms with van der Waals surface area (Å²) in [4.78, 5) is 26.1. The molecule has 1 heterocycles. The molecule has 1 atom stereocenters. The lowest BCUT2D eigenvalue weighted by Crippen LogP contribution is -2.47. The highest BCUT2D eigenvalue weighted by molar-refractivity contribution is 5.96. The molecule has 1 unspecified atom stereocenters. The fourth-order valence-electron chi connectivity index (χ4n) is 3.60. The summed E-state index contributed by atoms with van der Waals surface area (Å²) in [5, 5.41) is 13.4. The molecule has 0 radical (unpaired) electrons. The summed E-state index contributed by atoms with van der Waals surface area (Å²) < 4.78 is 5.66. The first-order valence-electron chi connectivity index (χ1n) is 10.6. The van der Waals surface area contributed by atoms with Crippen LogP contribution in [0.25, 0.3) is 0 Å². The molecular formula is C24H30N2O4. The number of ketones is 1. The van der Waals surface area contributed by atoms with E-state index in [4.69, 9.17) is 4.74 Å². The first-order chi connectivity index (χ1) is 14.5. The highest BCUT2D eigenvalue weighted by Crippen LogP contribution is 2.15. The minimum Gasteiger partial charge on any atom is -0.491 e. The quantitative estimate of drug-likeness (QED) is 0.622. The van der Waals surface area contributed by atoms with Crippen LogP contribution in [0, 0.1) is 0 Å². The number of nitrogens with one attached hydrogen (secondary N) is 1. The number of likely N-dealkylation sites (tertiary alicyclic amines) is 1. The predicted octanol–water partition coefficient (Wildman–Crippen LogP) is 2.91. The van der Waals surface area contributed by atoms with E-state index in [0.717, 1.165) is 25.9 Å². The van der Waals surface area contributed by atoms with Crippen molar-refractivity contribution in [1.82, 2.24) is 10.2 Å². The molecule has 2 aromatic carbocycles. The zero-order valence-corrected chi connectivity index (χ0v) is 17.4. The number of rotatable bonds is 9. The Bertz CT molecular complexity index is 815. The van der Waals surface area contributed by atoms with Crippen molar-refractivity contribution >= 4 is 11.7 Å². The number of amides is 1. The van der Waals surface area contributed by atoms with E-state index in [-0.39, 0.29) is 24.3 Å². The predicted molar refractivity (Wildman–Crippen MR) is 116 cm³/mol. The van der Waals surface area contributed by atoms with Gasteiger partial charge in [-0.05, 0) is 49.2 Å². The minimum atomic E-state index is -0.600. The molecule has 0 bridgehead atoms. The number of hydrogen-bond acceptors (Lipinski definition) is 5. The fourth-order valence-corrected chi connectivity index (χ4v) is 3.60. The molecule has 6 heteroatoms. The van der Waals surface area contributed by atoms with Crippen LogP contribution in [0.15, 0.2) is 54.6 Å². The topological polar surface area (TPSA) is 78.9 Å². The average molecular weight is 411 g/mol. The Morgan fingerprint density at radius 2 is 1.73 bits per heavy atom. The van der Waals surface area contributed by atoms with Gasteiger partial charge in [-0.1, -0.05) is 25.1 Å². The molecule has 1 saturated heterocycles. The zero-order valence-electron chi connectivity index (χ0n) is 17.4. The summed E-state index contributed by atoms with van der Waals surface area (Å²) in [6.07, 6.45) is 1.60. The van der Waals surface area contributed by atoms with Crippen LogP contribution in [0.2, 0.25) is 0 Å².